The minimum atomic E-state index is -0.140. The summed E-state index contributed by atoms with van der Waals surface area (Å²) in [7, 11) is 1.84. The van der Waals surface area contributed by atoms with Gasteiger partial charge in [-0.25, -0.2) is 4.98 Å². The van der Waals surface area contributed by atoms with Crippen LogP contribution >= 0.6 is 0 Å². The zero-order valence-corrected chi connectivity index (χ0v) is 19.2. The van der Waals surface area contributed by atoms with E-state index in [1.165, 1.54) is 24.8 Å². The van der Waals surface area contributed by atoms with Gasteiger partial charge >= 0.3 is 0 Å². The Balaban J connectivity index is 1.41. The van der Waals surface area contributed by atoms with E-state index in [9.17, 15) is 4.79 Å². The van der Waals surface area contributed by atoms with Crippen LogP contribution in [0.1, 0.15) is 46.4 Å². The first kappa shape index (κ1) is 21.4. The molecule has 33 heavy (non-hydrogen) atoms. The third-order valence-corrected chi connectivity index (χ3v) is 6.39. The highest BCUT2D eigenvalue weighted by Crippen LogP contribution is 2.27. The molecule has 0 radical (unpaired) electrons. The summed E-state index contributed by atoms with van der Waals surface area (Å²) in [4.78, 5) is 20.6. The first-order valence-corrected chi connectivity index (χ1v) is 11.6. The monoisotopic (exact) mass is 443 g/mol. The largest absolute Gasteiger partial charge is 0.463 e. The molecule has 5 rings (SSSR count). The fraction of sp³-hybridized carbons (Fsp3) is 0.346. The van der Waals surface area contributed by atoms with Crippen molar-refractivity contribution < 1.29 is 9.21 Å². The molecule has 4 aromatic rings. The first-order chi connectivity index (χ1) is 16.1. The molecule has 0 bridgehead atoms. The van der Waals surface area contributed by atoms with Gasteiger partial charge in [0, 0.05) is 20.1 Å². The lowest BCUT2D eigenvalue weighted by molar-refractivity contribution is 0.0952. The zero-order chi connectivity index (χ0) is 22.8. The number of rotatable bonds is 6. The maximum Gasteiger partial charge on any atom is 0.252 e. The maximum absolute atomic E-state index is 13.4. The van der Waals surface area contributed by atoms with Gasteiger partial charge in [0.2, 0.25) is 0 Å². The number of carbonyl (C=O) groups excluding carboxylic acids is 1. The van der Waals surface area contributed by atoms with Crippen LogP contribution < -0.4 is 5.32 Å². The van der Waals surface area contributed by atoms with E-state index in [-0.39, 0.29) is 5.91 Å². The maximum atomic E-state index is 13.4. The smallest absolute Gasteiger partial charge is 0.252 e. The summed E-state index contributed by atoms with van der Waals surface area (Å²) in [6.07, 6.45) is 5.45. The first-order valence-electron chi connectivity index (χ1n) is 11.6. The van der Waals surface area contributed by atoms with E-state index in [1.807, 2.05) is 32.2 Å². The fourth-order valence-corrected chi connectivity index (χ4v) is 4.69. The Morgan fingerprint density at radius 3 is 2.64 bits per heavy atom. The molecule has 4 heterocycles. The van der Waals surface area contributed by atoms with Crippen LogP contribution in [0.5, 0.6) is 0 Å². The van der Waals surface area contributed by atoms with E-state index in [1.54, 1.807) is 17.0 Å². The van der Waals surface area contributed by atoms with E-state index in [0.717, 1.165) is 36.3 Å². The molecule has 0 unspecified atom stereocenters. The van der Waals surface area contributed by atoms with Crippen LogP contribution in [0.4, 0.5) is 0 Å². The highest BCUT2D eigenvalue weighted by Gasteiger charge is 2.20. The molecule has 170 valence electrons. The molecular formula is C26H29N5O2. The van der Waals surface area contributed by atoms with Crippen molar-refractivity contribution in [3.05, 3.63) is 71.1 Å². The lowest BCUT2D eigenvalue weighted by Gasteiger charge is -2.27. The van der Waals surface area contributed by atoms with Crippen LogP contribution in [-0.2, 0) is 20.1 Å². The zero-order valence-electron chi connectivity index (χ0n) is 19.2. The Hall–Kier alpha value is -3.45. The molecule has 1 amide bonds. The average Bonchev–Trinajstić information content (AvgIpc) is 3.47. The number of hydrogen-bond donors (Lipinski definition) is 1. The van der Waals surface area contributed by atoms with Gasteiger partial charge < -0.3 is 9.73 Å². The van der Waals surface area contributed by atoms with Crippen LogP contribution in [0.3, 0.4) is 0 Å². The SMILES string of the molecule is Cc1nn(C)c2nc(-c3ccco3)cc(C(=O)NCc3ccccc3CN3CCCCC3)c12. The van der Waals surface area contributed by atoms with E-state index >= 15 is 0 Å². The standard InChI is InChI=1S/C26H29N5O2/c1-18-24-21(15-22(23-11-8-14-33-23)28-25(24)30(2)29-18)26(32)27-16-19-9-4-5-10-20(19)17-31-12-6-3-7-13-31/h4-5,8-11,14-15H,3,6-7,12-13,16-17H2,1-2H3,(H,27,32). The number of piperidine rings is 1. The Bertz CT molecular complexity index is 1270. The molecule has 3 aromatic heterocycles. The summed E-state index contributed by atoms with van der Waals surface area (Å²) >= 11 is 0. The number of fused-ring (bicyclic) bond motifs is 1. The highest BCUT2D eigenvalue weighted by molar-refractivity contribution is 6.07. The number of pyridine rings is 1. The molecule has 1 saturated heterocycles. The minimum absolute atomic E-state index is 0.140. The average molecular weight is 444 g/mol. The Morgan fingerprint density at radius 2 is 1.88 bits per heavy atom. The summed E-state index contributed by atoms with van der Waals surface area (Å²) in [5.74, 6) is 0.482. The van der Waals surface area contributed by atoms with Gasteiger partial charge in [-0.1, -0.05) is 30.7 Å². The van der Waals surface area contributed by atoms with Crippen molar-refractivity contribution in [2.45, 2.75) is 39.3 Å². The number of benzene rings is 1. The number of nitrogens with zero attached hydrogens (tertiary/aromatic N) is 4. The highest BCUT2D eigenvalue weighted by atomic mass is 16.3. The summed E-state index contributed by atoms with van der Waals surface area (Å²) in [5.41, 5.74) is 5.04. The van der Waals surface area contributed by atoms with Gasteiger partial charge in [-0.15, -0.1) is 0 Å². The van der Waals surface area contributed by atoms with Crippen LogP contribution in [0.25, 0.3) is 22.5 Å². The van der Waals surface area contributed by atoms with Gasteiger partial charge in [-0.3, -0.25) is 14.4 Å². The Kier molecular flexibility index (Phi) is 5.96. The third-order valence-electron chi connectivity index (χ3n) is 6.39. The quantitative estimate of drug-likeness (QED) is 0.476. The molecular weight excluding hydrogens is 414 g/mol. The number of likely N-dealkylation sites (tertiary alicyclic amines) is 1. The van der Waals surface area contributed by atoms with Crippen molar-refractivity contribution in [2.24, 2.45) is 7.05 Å². The fourth-order valence-electron chi connectivity index (χ4n) is 4.69. The van der Waals surface area contributed by atoms with E-state index in [4.69, 9.17) is 9.40 Å². The summed E-state index contributed by atoms with van der Waals surface area (Å²) < 4.78 is 7.25. The van der Waals surface area contributed by atoms with E-state index < -0.39 is 0 Å². The normalized spacial score (nSPS) is 14.6. The number of hydrogen-bond acceptors (Lipinski definition) is 5. The van der Waals surface area contributed by atoms with Crippen molar-refractivity contribution in [2.75, 3.05) is 13.1 Å². The molecule has 1 aromatic carbocycles. The lowest BCUT2D eigenvalue weighted by Crippen LogP contribution is -2.30. The molecule has 1 N–H and O–H groups in total. The second-order valence-electron chi connectivity index (χ2n) is 8.73. The summed E-state index contributed by atoms with van der Waals surface area (Å²) in [6, 6.07) is 13.8. The van der Waals surface area contributed by atoms with Crippen LogP contribution in [0, 0.1) is 6.92 Å². The topological polar surface area (TPSA) is 76.2 Å². The lowest BCUT2D eigenvalue weighted by atomic mass is 10.0. The molecule has 1 aliphatic heterocycles. The number of furan rings is 1. The Morgan fingerprint density at radius 1 is 1.09 bits per heavy atom. The molecule has 1 fully saturated rings. The van der Waals surface area contributed by atoms with Gasteiger partial charge in [-0.2, -0.15) is 5.10 Å². The van der Waals surface area contributed by atoms with Crippen molar-refractivity contribution in [3.63, 3.8) is 0 Å². The number of aromatic nitrogens is 3. The van der Waals surface area contributed by atoms with Crippen molar-refractivity contribution >= 4 is 16.9 Å². The second-order valence-corrected chi connectivity index (χ2v) is 8.73. The molecule has 7 nitrogen and oxygen atoms in total. The molecule has 1 aliphatic rings. The second kappa shape index (κ2) is 9.19. The van der Waals surface area contributed by atoms with E-state index in [0.29, 0.717) is 29.2 Å². The van der Waals surface area contributed by atoms with Crippen molar-refractivity contribution in [1.82, 2.24) is 25.0 Å². The number of nitrogens with one attached hydrogen (secondary N) is 1. The van der Waals surface area contributed by atoms with Gasteiger partial charge in [0.1, 0.15) is 5.69 Å². The minimum Gasteiger partial charge on any atom is -0.463 e. The van der Waals surface area contributed by atoms with E-state index in [2.05, 4.69) is 33.5 Å². The number of carbonyl (C=O) groups is 1. The molecule has 7 heteroatoms. The van der Waals surface area contributed by atoms with Gasteiger partial charge in [0.25, 0.3) is 5.91 Å². The Labute approximate surface area is 193 Å². The molecule has 0 aliphatic carbocycles. The van der Waals surface area contributed by atoms with Crippen LogP contribution in [0.15, 0.2) is 53.1 Å². The van der Waals surface area contributed by atoms with Gasteiger partial charge in [0.15, 0.2) is 11.4 Å². The van der Waals surface area contributed by atoms with Crippen molar-refractivity contribution in [3.8, 4) is 11.5 Å². The number of amides is 1. The van der Waals surface area contributed by atoms with Crippen LogP contribution in [-0.4, -0.2) is 38.7 Å². The summed E-state index contributed by atoms with van der Waals surface area (Å²) in [6.45, 7) is 5.59. The summed E-state index contributed by atoms with van der Waals surface area (Å²) in [5, 5.41) is 8.40. The van der Waals surface area contributed by atoms with Gasteiger partial charge in [0.05, 0.1) is 22.9 Å². The predicted molar refractivity (Wildman–Crippen MR) is 128 cm³/mol. The molecule has 0 spiro atoms. The molecule has 0 atom stereocenters. The van der Waals surface area contributed by atoms with Crippen LogP contribution in [0.2, 0.25) is 0 Å². The molecule has 0 saturated carbocycles. The van der Waals surface area contributed by atoms with Gasteiger partial charge in [-0.05, 0) is 62.2 Å². The number of aryl methyl sites for hydroxylation is 2. The van der Waals surface area contributed by atoms with Crippen molar-refractivity contribution in [1.29, 1.82) is 0 Å². The third kappa shape index (κ3) is 4.41. The predicted octanol–water partition coefficient (Wildman–Crippen LogP) is 4.45.